The van der Waals surface area contributed by atoms with Crippen molar-refractivity contribution in [1.29, 1.82) is 0 Å². The summed E-state index contributed by atoms with van der Waals surface area (Å²) in [5.41, 5.74) is 0.949. The van der Waals surface area contributed by atoms with Crippen LogP contribution in [-0.4, -0.2) is 45.6 Å². The zero-order valence-electron chi connectivity index (χ0n) is 12.9. The standard InChI is InChI=1S/C16H16N6O2/c23-22(24)13-1-2-14-12(9-13)3-6-21(14)16-11-18-15(10-19-16)20-7-4-17-5-8-20/h1-3,6,9-11,17H,4-5,7-8H2. The van der Waals surface area contributed by atoms with E-state index in [1.165, 1.54) is 6.07 Å². The van der Waals surface area contributed by atoms with Crippen molar-refractivity contribution >= 4 is 22.4 Å². The Labute approximate surface area is 137 Å². The summed E-state index contributed by atoms with van der Waals surface area (Å²) in [6, 6.07) is 6.64. The minimum absolute atomic E-state index is 0.0837. The van der Waals surface area contributed by atoms with Gasteiger partial charge in [-0.1, -0.05) is 0 Å². The number of hydrogen-bond donors (Lipinski definition) is 1. The van der Waals surface area contributed by atoms with E-state index in [-0.39, 0.29) is 5.69 Å². The molecule has 1 aliphatic heterocycles. The van der Waals surface area contributed by atoms with Gasteiger partial charge in [0.15, 0.2) is 5.82 Å². The normalized spacial score (nSPS) is 14.9. The Bertz CT molecular complexity index is 883. The number of hydrogen-bond acceptors (Lipinski definition) is 6. The fourth-order valence-electron chi connectivity index (χ4n) is 2.94. The summed E-state index contributed by atoms with van der Waals surface area (Å²) < 4.78 is 1.88. The molecule has 2 aromatic heterocycles. The van der Waals surface area contributed by atoms with Crippen LogP contribution >= 0.6 is 0 Å². The molecular formula is C16H16N6O2. The Morgan fingerprint density at radius 1 is 1.08 bits per heavy atom. The monoisotopic (exact) mass is 324 g/mol. The summed E-state index contributed by atoms with van der Waals surface area (Å²) in [4.78, 5) is 21.7. The molecular weight excluding hydrogens is 308 g/mol. The molecule has 1 N–H and O–H groups in total. The Morgan fingerprint density at radius 2 is 1.83 bits per heavy atom. The van der Waals surface area contributed by atoms with Crippen LogP contribution in [0.4, 0.5) is 11.5 Å². The van der Waals surface area contributed by atoms with E-state index in [0.29, 0.717) is 5.82 Å². The maximum atomic E-state index is 10.9. The lowest BCUT2D eigenvalue weighted by Crippen LogP contribution is -2.43. The largest absolute Gasteiger partial charge is 0.353 e. The number of anilines is 1. The number of nitrogens with one attached hydrogen (secondary N) is 1. The van der Waals surface area contributed by atoms with Gasteiger partial charge in [-0.15, -0.1) is 0 Å². The SMILES string of the molecule is O=[N+]([O-])c1ccc2c(ccn2-c2cnc(N3CCNCC3)cn2)c1. The molecule has 0 radical (unpaired) electrons. The number of piperazine rings is 1. The second-order valence-corrected chi connectivity index (χ2v) is 5.66. The highest BCUT2D eigenvalue weighted by Gasteiger charge is 2.13. The van der Waals surface area contributed by atoms with Gasteiger partial charge in [-0.05, 0) is 12.1 Å². The lowest BCUT2D eigenvalue weighted by molar-refractivity contribution is -0.384. The van der Waals surface area contributed by atoms with Crippen molar-refractivity contribution in [3.8, 4) is 5.82 Å². The minimum Gasteiger partial charge on any atom is -0.353 e. The van der Waals surface area contributed by atoms with Crippen molar-refractivity contribution in [3.63, 3.8) is 0 Å². The summed E-state index contributed by atoms with van der Waals surface area (Å²) >= 11 is 0. The summed E-state index contributed by atoms with van der Waals surface area (Å²) in [5.74, 6) is 1.56. The lowest BCUT2D eigenvalue weighted by atomic mass is 10.2. The van der Waals surface area contributed by atoms with Crippen LogP contribution in [0.1, 0.15) is 0 Å². The first-order valence-electron chi connectivity index (χ1n) is 7.76. The molecule has 8 nitrogen and oxygen atoms in total. The van der Waals surface area contributed by atoms with E-state index in [2.05, 4.69) is 20.2 Å². The first kappa shape index (κ1) is 14.6. The van der Waals surface area contributed by atoms with Gasteiger partial charge in [-0.3, -0.25) is 14.7 Å². The van der Waals surface area contributed by atoms with Gasteiger partial charge >= 0.3 is 0 Å². The van der Waals surface area contributed by atoms with E-state index in [9.17, 15) is 10.1 Å². The number of benzene rings is 1. The molecule has 8 heteroatoms. The van der Waals surface area contributed by atoms with E-state index < -0.39 is 4.92 Å². The van der Waals surface area contributed by atoms with Crippen LogP contribution in [0.15, 0.2) is 42.9 Å². The quantitative estimate of drug-likeness (QED) is 0.583. The Morgan fingerprint density at radius 3 is 2.54 bits per heavy atom. The lowest BCUT2D eigenvalue weighted by Gasteiger charge is -2.28. The van der Waals surface area contributed by atoms with Gasteiger partial charge in [0.05, 0.1) is 22.8 Å². The van der Waals surface area contributed by atoms with E-state index in [4.69, 9.17) is 0 Å². The molecule has 1 fully saturated rings. The maximum absolute atomic E-state index is 10.9. The molecule has 1 aliphatic rings. The highest BCUT2D eigenvalue weighted by Crippen LogP contribution is 2.24. The maximum Gasteiger partial charge on any atom is 0.270 e. The van der Waals surface area contributed by atoms with Gasteiger partial charge in [0, 0.05) is 49.9 Å². The topological polar surface area (TPSA) is 89.1 Å². The van der Waals surface area contributed by atoms with Gasteiger partial charge in [0.2, 0.25) is 0 Å². The van der Waals surface area contributed by atoms with Gasteiger partial charge in [0.25, 0.3) is 5.69 Å². The summed E-state index contributed by atoms with van der Waals surface area (Å²) in [6.07, 6.45) is 5.36. The molecule has 3 heterocycles. The van der Waals surface area contributed by atoms with Crippen molar-refractivity contribution < 1.29 is 4.92 Å². The number of rotatable bonds is 3. The molecule has 0 atom stereocenters. The highest BCUT2D eigenvalue weighted by atomic mass is 16.6. The molecule has 4 rings (SSSR count). The molecule has 122 valence electrons. The van der Waals surface area contributed by atoms with Crippen molar-refractivity contribution in [1.82, 2.24) is 19.9 Å². The summed E-state index contributed by atoms with van der Waals surface area (Å²) in [7, 11) is 0. The van der Waals surface area contributed by atoms with Crippen LogP contribution < -0.4 is 10.2 Å². The molecule has 1 aromatic carbocycles. The third-order valence-electron chi connectivity index (χ3n) is 4.20. The summed E-state index contributed by atoms with van der Waals surface area (Å²) in [6.45, 7) is 3.74. The molecule has 1 saturated heterocycles. The minimum atomic E-state index is -0.390. The van der Waals surface area contributed by atoms with Crippen molar-refractivity contribution in [2.45, 2.75) is 0 Å². The first-order chi connectivity index (χ1) is 11.7. The van der Waals surface area contributed by atoms with Crippen LogP contribution in [0.2, 0.25) is 0 Å². The smallest absolute Gasteiger partial charge is 0.270 e. The zero-order chi connectivity index (χ0) is 16.5. The van der Waals surface area contributed by atoms with Crippen molar-refractivity contribution in [3.05, 3.63) is 53.0 Å². The fourth-order valence-corrected chi connectivity index (χ4v) is 2.94. The molecule has 3 aromatic rings. The van der Waals surface area contributed by atoms with Gasteiger partial charge in [0.1, 0.15) is 5.82 Å². The number of non-ortho nitro benzene ring substituents is 1. The Hall–Kier alpha value is -3.00. The second-order valence-electron chi connectivity index (χ2n) is 5.66. The third-order valence-corrected chi connectivity index (χ3v) is 4.20. The average Bonchev–Trinajstić information content (AvgIpc) is 3.06. The predicted octanol–water partition coefficient (Wildman–Crippen LogP) is 1.74. The number of fused-ring (bicyclic) bond motifs is 1. The Kier molecular flexibility index (Phi) is 3.58. The van der Waals surface area contributed by atoms with E-state index >= 15 is 0 Å². The van der Waals surface area contributed by atoms with Gasteiger partial charge in [-0.2, -0.15) is 0 Å². The van der Waals surface area contributed by atoms with Gasteiger partial charge < -0.3 is 10.2 Å². The van der Waals surface area contributed by atoms with E-state index in [0.717, 1.165) is 42.9 Å². The van der Waals surface area contributed by atoms with Crippen LogP contribution in [-0.2, 0) is 0 Å². The first-order valence-corrected chi connectivity index (χ1v) is 7.76. The number of nitro groups is 1. The highest BCUT2D eigenvalue weighted by molar-refractivity contribution is 5.83. The van der Waals surface area contributed by atoms with Crippen LogP contribution in [0, 0.1) is 10.1 Å². The molecule has 0 saturated carbocycles. The predicted molar refractivity (Wildman–Crippen MR) is 90.6 cm³/mol. The Balaban J connectivity index is 1.66. The van der Waals surface area contributed by atoms with Crippen LogP contribution in [0.3, 0.4) is 0 Å². The average molecular weight is 324 g/mol. The zero-order valence-corrected chi connectivity index (χ0v) is 12.9. The molecule has 0 aliphatic carbocycles. The second kappa shape index (κ2) is 5.89. The fraction of sp³-hybridized carbons (Fsp3) is 0.250. The number of nitrogens with zero attached hydrogens (tertiary/aromatic N) is 5. The van der Waals surface area contributed by atoms with Crippen molar-refractivity contribution in [2.24, 2.45) is 0 Å². The molecule has 0 unspecified atom stereocenters. The molecule has 0 bridgehead atoms. The van der Waals surface area contributed by atoms with Crippen LogP contribution in [0.25, 0.3) is 16.7 Å². The van der Waals surface area contributed by atoms with Gasteiger partial charge in [-0.25, -0.2) is 9.97 Å². The molecule has 24 heavy (non-hydrogen) atoms. The summed E-state index contributed by atoms with van der Waals surface area (Å²) in [5, 5.41) is 15.0. The number of aromatic nitrogens is 3. The van der Waals surface area contributed by atoms with Crippen LogP contribution in [0.5, 0.6) is 0 Å². The van der Waals surface area contributed by atoms with Crippen molar-refractivity contribution in [2.75, 3.05) is 31.1 Å². The van der Waals surface area contributed by atoms with E-state index in [1.54, 1.807) is 24.5 Å². The molecule has 0 spiro atoms. The third kappa shape index (κ3) is 2.56. The molecule has 0 amide bonds. The van der Waals surface area contributed by atoms with E-state index in [1.807, 2.05) is 16.8 Å². The number of nitro benzene ring substituents is 1.